The first-order valence-electron chi connectivity index (χ1n) is 4.27. The second-order valence-corrected chi connectivity index (χ2v) is 3.19. The molecule has 2 nitrogen and oxygen atoms in total. The van der Waals surface area contributed by atoms with Crippen LogP contribution in [0.15, 0.2) is 18.2 Å². The van der Waals surface area contributed by atoms with Gasteiger partial charge in [0.15, 0.2) is 0 Å². The molecule has 72 valence electrons. The molecular weight excluding hydrogens is 169 g/mol. The van der Waals surface area contributed by atoms with Crippen LogP contribution in [0, 0.1) is 12.7 Å². The van der Waals surface area contributed by atoms with Crippen LogP contribution < -0.4 is 5.32 Å². The number of halogens is 1. The predicted molar refractivity (Wildman–Crippen MR) is 51.3 cm³/mol. The summed E-state index contributed by atoms with van der Waals surface area (Å²) in [5, 5.41) is 12.0. The van der Waals surface area contributed by atoms with Crippen molar-refractivity contribution in [3.63, 3.8) is 0 Å². The number of aryl methyl sites for hydroxylation is 1. The summed E-state index contributed by atoms with van der Waals surface area (Å²) in [5.74, 6) is -0.265. The lowest BCUT2D eigenvalue weighted by Gasteiger charge is -2.10. The predicted octanol–water partition coefficient (Wildman–Crippen LogP) is 1.93. The van der Waals surface area contributed by atoms with Crippen LogP contribution >= 0.6 is 0 Å². The maximum atomic E-state index is 12.8. The molecule has 1 aromatic rings. The number of hydrogen-bond donors (Lipinski definition) is 2. The van der Waals surface area contributed by atoms with E-state index in [9.17, 15) is 4.39 Å². The maximum absolute atomic E-state index is 12.8. The number of nitrogens with one attached hydrogen (secondary N) is 1. The minimum absolute atomic E-state index is 0.265. The molecule has 1 aromatic carbocycles. The summed E-state index contributed by atoms with van der Waals surface area (Å²) in [4.78, 5) is 0. The third kappa shape index (κ3) is 3.03. The fraction of sp³-hybridized carbons (Fsp3) is 0.400. The van der Waals surface area contributed by atoms with Crippen molar-refractivity contribution in [3.8, 4) is 0 Å². The normalized spacial score (nSPS) is 12.6. The molecule has 0 amide bonds. The van der Waals surface area contributed by atoms with Gasteiger partial charge in [-0.2, -0.15) is 0 Å². The molecule has 0 saturated heterocycles. The van der Waals surface area contributed by atoms with Crippen LogP contribution in [0.5, 0.6) is 0 Å². The number of aliphatic hydroxyl groups is 1. The molecule has 0 saturated carbocycles. The highest BCUT2D eigenvalue weighted by molar-refractivity contribution is 5.50. The smallest absolute Gasteiger partial charge is 0.125 e. The van der Waals surface area contributed by atoms with Crippen LogP contribution in [0.3, 0.4) is 0 Å². The van der Waals surface area contributed by atoms with Gasteiger partial charge < -0.3 is 10.4 Å². The molecule has 0 unspecified atom stereocenters. The Labute approximate surface area is 77.4 Å². The molecule has 3 heteroatoms. The highest BCUT2D eigenvalue weighted by atomic mass is 19.1. The van der Waals surface area contributed by atoms with Crippen LogP contribution in [0.1, 0.15) is 12.5 Å². The second-order valence-electron chi connectivity index (χ2n) is 3.19. The number of anilines is 1. The molecule has 0 aromatic heterocycles. The van der Waals surface area contributed by atoms with Gasteiger partial charge in [0.2, 0.25) is 0 Å². The van der Waals surface area contributed by atoms with Gasteiger partial charge in [-0.1, -0.05) is 6.07 Å². The van der Waals surface area contributed by atoms with E-state index in [1.54, 1.807) is 13.0 Å². The van der Waals surface area contributed by atoms with Crippen molar-refractivity contribution < 1.29 is 9.50 Å². The van der Waals surface area contributed by atoms with Crippen molar-refractivity contribution in [1.29, 1.82) is 0 Å². The molecule has 0 aliphatic heterocycles. The molecule has 1 rings (SSSR count). The molecular formula is C10H14FNO. The Bertz CT molecular complexity index is 286. The summed E-state index contributed by atoms with van der Waals surface area (Å²) in [5.41, 5.74) is 1.71. The molecule has 0 aliphatic carbocycles. The third-order valence-electron chi connectivity index (χ3n) is 1.79. The monoisotopic (exact) mass is 183 g/mol. The molecule has 0 spiro atoms. The first-order chi connectivity index (χ1) is 6.09. The highest BCUT2D eigenvalue weighted by Crippen LogP contribution is 2.15. The zero-order chi connectivity index (χ0) is 9.84. The van der Waals surface area contributed by atoms with E-state index in [2.05, 4.69) is 5.32 Å². The van der Waals surface area contributed by atoms with E-state index >= 15 is 0 Å². The molecule has 13 heavy (non-hydrogen) atoms. The van der Waals surface area contributed by atoms with Gasteiger partial charge in [0.25, 0.3) is 0 Å². The summed E-state index contributed by atoms with van der Waals surface area (Å²) >= 11 is 0. The van der Waals surface area contributed by atoms with Crippen molar-refractivity contribution in [1.82, 2.24) is 0 Å². The Balaban J connectivity index is 2.70. The van der Waals surface area contributed by atoms with Gasteiger partial charge in [-0.15, -0.1) is 0 Å². The van der Waals surface area contributed by atoms with E-state index in [0.717, 1.165) is 11.3 Å². The van der Waals surface area contributed by atoms with Gasteiger partial charge in [0, 0.05) is 12.2 Å². The second kappa shape index (κ2) is 4.23. The lowest BCUT2D eigenvalue weighted by molar-refractivity contribution is 0.208. The summed E-state index contributed by atoms with van der Waals surface area (Å²) in [7, 11) is 0. The Morgan fingerprint density at radius 2 is 2.23 bits per heavy atom. The lowest BCUT2D eigenvalue weighted by atomic mass is 10.2. The van der Waals surface area contributed by atoms with Crippen LogP contribution in [0.4, 0.5) is 10.1 Å². The van der Waals surface area contributed by atoms with E-state index < -0.39 is 6.10 Å². The quantitative estimate of drug-likeness (QED) is 0.750. The van der Waals surface area contributed by atoms with Crippen LogP contribution in [0.2, 0.25) is 0 Å². The average Bonchev–Trinajstić information content (AvgIpc) is 2.06. The van der Waals surface area contributed by atoms with E-state index in [4.69, 9.17) is 5.11 Å². The summed E-state index contributed by atoms with van der Waals surface area (Å²) < 4.78 is 12.8. The minimum Gasteiger partial charge on any atom is -0.392 e. The van der Waals surface area contributed by atoms with Gasteiger partial charge in [0.1, 0.15) is 5.82 Å². The van der Waals surface area contributed by atoms with Gasteiger partial charge in [0.05, 0.1) is 6.10 Å². The Hall–Kier alpha value is -1.09. The summed E-state index contributed by atoms with van der Waals surface area (Å²) in [6, 6.07) is 4.56. The number of rotatable bonds is 3. The molecule has 2 N–H and O–H groups in total. The van der Waals surface area contributed by atoms with E-state index in [-0.39, 0.29) is 5.82 Å². The molecule has 0 aliphatic rings. The Kier molecular flexibility index (Phi) is 3.25. The van der Waals surface area contributed by atoms with Crippen molar-refractivity contribution in [2.24, 2.45) is 0 Å². The van der Waals surface area contributed by atoms with Crippen molar-refractivity contribution in [2.75, 3.05) is 11.9 Å². The zero-order valence-electron chi connectivity index (χ0n) is 7.84. The topological polar surface area (TPSA) is 32.3 Å². The minimum atomic E-state index is -0.428. The number of benzene rings is 1. The maximum Gasteiger partial charge on any atom is 0.125 e. The first kappa shape index (κ1) is 9.99. The summed E-state index contributed by atoms with van der Waals surface area (Å²) in [6.07, 6.45) is -0.428. The van der Waals surface area contributed by atoms with Crippen molar-refractivity contribution in [2.45, 2.75) is 20.0 Å². The highest BCUT2D eigenvalue weighted by Gasteiger charge is 2.00. The van der Waals surface area contributed by atoms with Crippen LogP contribution in [-0.2, 0) is 0 Å². The van der Waals surface area contributed by atoms with Crippen molar-refractivity contribution in [3.05, 3.63) is 29.6 Å². The van der Waals surface area contributed by atoms with E-state index in [1.807, 2.05) is 6.92 Å². The van der Waals surface area contributed by atoms with Gasteiger partial charge >= 0.3 is 0 Å². The van der Waals surface area contributed by atoms with E-state index in [1.165, 1.54) is 12.1 Å². The Morgan fingerprint density at radius 3 is 2.85 bits per heavy atom. The van der Waals surface area contributed by atoms with E-state index in [0.29, 0.717) is 6.54 Å². The SMILES string of the molecule is Cc1ccc(F)cc1NC[C@H](C)O. The third-order valence-corrected chi connectivity index (χ3v) is 1.79. The largest absolute Gasteiger partial charge is 0.392 e. The molecule has 1 atom stereocenters. The number of hydrogen-bond acceptors (Lipinski definition) is 2. The van der Waals surface area contributed by atoms with Crippen LogP contribution in [-0.4, -0.2) is 17.8 Å². The van der Waals surface area contributed by atoms with Gasteiger partial charge in [-0.05, 0) is 31.5 Å². The first-order valence-corrected chi connectivity index (χ1v) is 4.27. The molecule has 0 heterocycles. The standard InChI is InChI=1S/C10H14FNO/c1-7-3-4-9(11)5-10(7)12-6-8(2)13/h3-5,8,12-13H,6H2,1-2H3/t8-/m0/s1. The van der Waals surface area contributed by atoms with Crippen LogP contribution in [0.25, 0.3) is 0 Å². The lowest BCUT2D eigenvalue weighted by Crippen LogP contribution is -2.15. The van der Waals surface area contributed by atoms with Gasteiger partial charge in [-0.3, -0.25) is 0 Å². The Morgan fingerprint density at radius 1 is 1.54 bits per heavy atom. The zero-order valence-corrected chi connectivity index (χ0v) is 7.84. The fourth-order valence-corrected chi connectivity index (χ4v) is 1.04. The molecule has 0 bridgehead atoms. The van der Waals surface area contributed by atoms with Gasteiger partial charge in [-0.25, -0.2) is 4.39 Å². The molecule has 0 radical (unpaired) electrons. The number of aliphatic hydroxyl groups excluding tert-OH is 1. The fourth-order valence-electron chi connectivity index (χ4n) is 1.04. The van der Waals surface area contributed by atoms with Crippen molar-refractivity contribution >= 4 is 5.69 Å². The molecule has 0 fully saturated rings. The average molecular weight is 183 g/mol. The summed E-state index contributed by atoms with van der Waals surface area (Å²) in [6.45, 7) is 4.01.